The maximum atomic E-state index is 6.08. The van der Waals surface area contributed by atoms with Crippen molar-refractivity contribution in [2.45, 2.75) is 6.54 Å². The first-order chi connectivity index (χ1) is 8.16. The highest BCUT2D eigenvalue weighted by Crippen LogP contribution is 2.20. The molecule has 2 nitrogen and oxygen atoms in total. The summed E-state index contributed by atoms with van der Waals surface area (Å²) >= 11 is 11.9. The molecule has 0 N–H and O–H groups in total. The van der Waals surface area contributed by atoms with Crippen molar-refractivity contribution in [1.82, 2.24) is 4.98 Å². The molecular formula is C13H12Cl2N2. The molecule has 0 aliphatic carbocycles. The van der Waals surface area contributed by atoms with Gasteiger partial charge in [0, 0.05) is 12.7 Å². The molecule has 0 saturated carbocycles. The quantitative estimate of drug-likeness (QED) is 0.780. The van der Waals surface area contributed by atoms with Crippen LogP contribution in [0.3, 0.4) is 0 Å². The number of hydrogen-bond donors (Lipinski definition) is 0. The minimum absolute atomic E-state index is 0.464. The van der Waals surface area contributed by atoms with Gasteiger partial charge in [-0.2, -0.15) is 0 Å². The van der Waals surface area contributed by atoms with Crippen LogP contribution in [0.2, 0.25) is 10.2 Å². The molecule has 0 bridgehead atoms. The van der Waals surface area contributed by atoms with Gasteiger partial charge in [-0.3, -0.25) is 0 Å². The molecule has 88 valence electrons. The molecule has 2 rings (SSSR count). The van der Waals surface area contributed by atoms with Crippen molar-refractivity contribution < 1.29 is 0 Å². The molecule has 17 heavy (non-hydrogen) atoms. The summed E-state index contributed by atoms with van der Waals surface area (Å²) in [4.78, 5) is 6.30. The Bertz CT molecular complexity index is 500. The number of rotatable bonds is 3. The molecule has 0 aliphatic heterocycles. The highest BCUT2D eigenvalue weighted by atomic mass is 35.5. The topological polar surface area (TPSA) is 16.1 Å². The second-order valence-corrected chi connectivity index (χ2v) is 4.55. The molecule has 0 aliphatic rings. The highest BCUT2D eigenvalue weighted by molar-refractivity contribution is 6.32. The third-order valence-electron chi connectivity index (χ3n) is 2.47. The van der Waals surface area contributed by atoms with Crippen LogP contribution in [0.25, 0.3) is 0 Å². The monoisotopic (exact) mass is 266 g/mol. The number of nitrogens with zero attached hydrogens (tertiary/aromatic N) is 2. The lowest BCUT2D eigenvalue weighted by atomic mass is 10.2. The van der Waals surface area contributed by atoms with E-state index in [2.05, 4.69) is 9.88 Å². The fourth-order valence-electron chi connectivity index (χ4n) is 1.57. The van der Waals surface area contributed by atoms with Gasteiger partial charge in [0.2, 0.25) is 0 Å². The van der Waals surface area contributed by atoms with E-state index in [4.69, 9.17) is 23.2 Å². The number of aromatic nitrogens is 1. The SMILES string of the molecule is CN(Cc1nc(Cl)ccc1Cl)c1ccccc1. The summed E-state index contributed by atoms with van der Waals surface area (Å²) in [6.07, 6.45) is 0. The fourth-order valence-corrected chi connectivity index (χ4v) is 1.90. The van der Waals surface area contributed by atoms with Crippen LogP contribution in [0.5, 0.6) is 0 Å². The number of halogens is 2. The molecule has 0 amide bonds. The van der Waals surface area contributed by atoms with Crippen molar-refractivity contribution in [2.75, 3.05) is 11.9 Å². The maximum Gasteiger partial charge on any atom is 0.129 e. The van der Waals surface area contributed by atoms with Crippen LogP contribution >= 0.6 is 23.2 Å². The summed E-state index contributed by atoms with van der Waals surface area (Å²) in [6, 6.07) is 13.5. The fraction of sp³-hybridized carbons (Fsp3) is 0.154. The van der Waals surface area contributed by atoms with Gasteiger partial charge in [-0.25, -0.2) is 4.98 Å². The Morgan fingerprint density at radius 3 is 2.47 bits per heavy atom. The Labute approximate surface area is 111 Å². The molecule has 0 saturated heterocycles. The van der Waals surface area contributed by atoms with Crippen molar-refractivity contribution in [1.29, 1.82) is 0 Å². The molecule has 1 aromatic carbocycles. The van der Waals surface area contributed by atoms with E-state index in [0.717, 1.165) is 11.4 Å². The van der Waals surface area contributed by atoms with E-state index >= 15 is 0 Å². The lowest BCUT2D eigenvalue weighted by Crippen LogP contribution is -2.17. The summed E-state index contributed by atoms with van der Waals surface area (Å²) in [6.45, 7) is 0.628. The van der Waals surface area contributed by atoms with Crippen LogP contribution in [-0.4, -0.2) is 12.0 Å². The van der Waals surface area contributed by atoms with E-state index in [1.54, 1.807) is 12.1 Å². The lowest BCUT2D eigenvalue weighted by Gasteiger charge is -2.19. The summed E-state index contributed by atoms with van der Waals surface area (Å²) in [5, 5.41) is 1.10. The molecule has 1 aromatic heterocycles. The van der Waals surface area contributed by atoms with Crippen molar-refractivity contribution >= 4 is 28.9 Å². The Morgan fingerprint density at radius 1 is 1.06 bits per heavy atom. The van der Waals surface area contributed by atoms with Crippen LogP contribution < -0.4 is 4.90 Å². The average molecular weight is 267 g/mol. The summed E-state index contributed by atoms with van der Waals surface area (Å²) in [5.41, 5.74) is 1.90. The highest BCUT2D eigenvalue weighted by Gasteiger charge is 2.07. The summed E-state index contributed by atoms with van der Waals surface area (Å²) in [7, 11) is 1.99. The molecular weight excluding hydrogens is 255 g/mol. The van der Waals surface area contributed by atoms with Crippen molar-refractivity contribution in [3.8, 4) is 0 Å². The first-order valence-corrected chi connectivity index (χ1v) is 5.99. The normalized spacial score (nSPS) is 10.3. The molecule has 0 unspecified atom stereocenters. The number of anilines is 1. The largest absolute Gasteiger partial charge is 0.369 e. The van der Waals surface area contributed by atoms with Gasteiger partial charge >= 0.3 is 0 Å². The average Bonchev–Trinajstić information content (AvgIpc) is 2.35. The van der Waals surface area contributed by atoms with Gasteiger partial charge < -0.3 is 4.90 Å². The van der Waals surface area contributed by atoms with Crippen molar-refractivity contribution in [3.05, 3.63) is 58.3 Å². The molecule has 4 heteroatoms. The van der Waals surface area contributed by atoms with Crippen LogP contribution in [0, 0.1) is 0 Å². The molecule has 0 atom stereocenters. The van der Waals surface area contributed by atoms with E-state index in [0.29, 0.717) is 16.7 Å². The second-order valence-electron chi connectivity index (χ2n) is 3.75. The summed E-state index contributed by atoms with van der Waals surface area (Å²) in [5.74, 6) is 0. The molecule has 0 fully saturated rings. The van der Waals surface area contributed by atoms with Gasteiger partial charge in [0.1, 0.15) is 5.15 Å². The van der Waals surface area contributed by atoms with Crippen LogP contribution in [0.1, 0.15) is 5.69 Å². The van der Waals surface area contributed by atoms with Crippen LogP contribution in [0.15, 0.2) is 42.5 Å². The molecule has 0 spiro atoms. The predicted octanol–water partition coefficient (Wildman–Crippen LogP) is 4.02. The molecule has 0 radical (unpaired) electrons. The third kappa shape index (κ3) is 3.11. The summed E-state index contributed by atoms with van der Waals surface area (Å²) < 4.78 is 0. The predicted molar refractivity (Wildman–Crippen MR) is 72.8 cm³/mol. The van der Waals surface area contributed by atoms with Crippen molar-refractivity contribution in [3.63, 3.8) is 0 Å². The second kappa shape index (κ2) is 5.39. The van der Waals surface area contributed by atoms with Gasteiger partial charge in [0.15, 0.2) is 0 Å². The Morgan fingerprint density at radius 2 is 1.76 bits per heavy atom. The first-order valence-electron chi connectivity index (χ1n) is 5.24. The standard InChI is InChI=1S/C13H12Cl2N2/c1-17(10-5-3-2-4-6-10)9-12-11(14)7-8-13(15)16-12/h2-8H,9H2,1H3. The minimum atomic E-state index is 0.464. The van der Waals surface area contributed by atoms with E-state index in [-0.39, 0.29) is 0 Å². The number of hydrogen-bond acceptors (Lipinski definition) is 2. The third-order valence-corrected chi connectivity index (χ3v) is 3.02. The number of para-hydroxylation sites is 1. The number of pyridine rings is 1. The maximum absolute atomic E-state index is 6.08. The van der Waals surface area contributed by atoms with E-state index < -0.39 is 0 Å². The van der Waals surface area contributed by atoms with Gasteiger partial charge in [-0.05, 0) is 24.3 Å². The zero-order valence-corrected chi connectivity index (χ0v) is 10.9. The van der Waals surface area contributed by atoms with E-state index in [1.807, 2.05) is 37.4 Å². The van der Waals surface area contributed by atoms with Gasteiger partial charge in [0.25, 0.3) is 0 Å². The van der Waals surface area contributed by atoms with Gasteiger partial charge in [0.05, 0.1) is 17.3 Å². The van der Waals surface area contributed by atoms with Gasteiger partial charge in [-0.15, -0.1) is 0 Å². The molecule has 2 aromatic rings. The van der Waals surface area contributed by atoms with E-state index in [9.17, 15) is 0 Å². The zero-order chi connectivity index (χ0) is 12.3. The number of benzene rings is 1. The Hall–Kier alpha value is -1.25. The van der Waals surface area contributed by atoms with Gasteiger partial charge in [-0.1, -0.05) is 41.4 Å². The zero-order valence-electron chi connectivity index (χ0n) is 9.40. The van der Waals surface area contributed by atoms with Crippen LogP contribution in [-0.2, 0) is 6.54 Å². The smallest absolute Gasteiger partial charge is 0.129 e. The minimum Gasteiger partial charge on any atom is -0.369 e. The van der Waals surface area contributed by atoms with E-state index in [1.165, 1.54) is 0 Å². The Kier molecular flexibility index (Phi) is 3.87. The lowest BCUT2D eigenvalue weighted by molar-refractivity contribution is 0.885. The first kappa shape index (κ1) is 12.2. The Balaban J connectivity index is 2.18. The van der Waals surface area contributed by atoms with Crippen LogP contribution in [0.4, 0.5) is 5.69 Å². The van der Waals surface area contributed by atoms with Crippen molar-refractivity contribution in [2.24, 2.45) is 0 Å². The molecule has 1 heterocycles.